The molecule has 3 nitrogen and oxygen atoms in total. The van der Waals surface area contributed by atoms with Crippen molar-refractivity contribution in [2.45, 2.75) is 42.5 Å². The summed E-state index contributed by atoms with van der Waals surface area (Å²) in [5.74, 6) is -25.6. The Bertz CT molecular complexity index is 522. The van der Waals surface area contributed by atoms with Crippen LogP contribution in [0.3, 0.4) is 0 Å². The topological polar surface area (TPSA) is 43.4 Å². The molecule has 140 valence electrons. The Labute approximate surface area is 121 Å². The summed E-state index contributed by atoms with van der Waals surface area (Å²) < 4.78 is 162. The van der Waals surface area contributed by atoms with Gasteiger partial charge in [-0.1, -0.05) is 6.92 Å². The second-order valence-corrected chi connectivity index (χ2v) is 5.68. The van der Waals surface area contributed by atoms with Crippen molar-refractivity contribution in [2.75, 3.05) is 6.61 Å². The average Bonchev–Trinajstić information content (AvgIpc) is 2.34. The van der Waals surface area contributed by atoms with Crippen LogP contribution < -0.4 is 0 Å². The maximum Gasteiger partial charge on any atom is 0.523 e. The summed E-state index contributed by atoms with van der Waals surface area (Å²) in [5, 5.41) is 0. The van der Waals surface area contributed by atoms with Gasteiger partial charge in [-0.3, -0.25) is 4.18 Å². The molecule has 0 atom stereocenters. The first-order valence-electron chi connectivity index (χ1n) is 5.24. The highest BCUT2D eigenvalue weighted by atomic mass is 32.2. The van der Waals surface area contributed by atoms with Gasteiger partial charge < -0.3 is 0 Å². The van der Waals surface area contributed by atoms with Crippen molar-refractivity contribution in [3.05, 3.63) is 0 Å². The molecule has 0 saturated heterocycles. The van der Waals surface area contributed by atoms with Crippen LogP contribution in [0.5, 0.6) is 0 Å². The van der Waals surface area contributed by atoms with Crippen molar-refractivity contribution < 1.29 is 60.9 Å². The lowest BCUT2D eigenvalue weighted by Crippen LogP contribution is -2.63. The van der Waals surface area contributed by atoms with Crippen LogP contribution in [-0.4, -0.2) is 44.2 Å². The Hall–Kier alpha value is -0.860. The molecule has 0 aliphatic heterocycles. The van der Waals surface area contributed by atoms with Gasteiger partial charge in [0.1, 0.15) is 6.61 Å². The van der Waals surface area contributed by atoms with Crippen molar-refractivity contribution in [1.82, 2.24) is 0 Å². The monoisotopic (exact) mass is 392 g/mol. The van der Waals surface area contributed by atoms with E-state index in [1.807, 2.05) is 0 Å². The molecule has 23 heavy (non-hydrogen) atoms. The van der Waals surface area contributed by atoms with Crippen LogP contribution in [0.2, 0.25) is 0 Å². The summed E-state index contributed by atoms with van der Waals surface area (Å²) in [6, 6.07) is 0. The van der Waals surface area contributed by atoms with Crippen LogP contribution >= 0.6 is 0 Å². The first kappa shape index (κ1) is 22.1. The number of hydrogen-bond donors (Lipinski definition) is 0. The Morgan fingerprint density at radius 1 is 0.739 bits per heavy atom. The van der Waals surface area contributed by atoms with Crippen molar-refractivity contribution in [3.8, 4) is 0 Å². The molecular formula is C8H7F11O3S. The standard InChI is InChI=1S/C8H7F11O3S/c1-2-4(9,10)6(13,14)7(15,16)5(11,12)3-22-23(20,21)8(17,18)19/h2-3H2,1H3. The molecule has 0 N–H and O–H groups in total. The van der Waals surface area contributed by atoms with Crippen molar-refractivity contribution in [3.63, 3.8) is 0 Å². The molecule has 0 saturated carbocycles. The van der Waals surface area contributed by atoms with Crippen LogP contribution in [0.15, 0.2) is 0 Å². The first-order chi connectivity index (χ1) is 9.77. The van der Waals surface area contributed by atoms with E-state index in [1.165, 1.54) is 0 Å². The van der Waals surface area contributed by atoms with Crippen molar-refractivity contribution in [2.24, 2.45) is 0 Å². The Morgan fingerprint density at radius 2 is 1.09 bits per heavy atom. The smallest absolute Gasteiger partial charge is 0.257 e. The van der Waals surface area contributed by atoms with Gasteiger partial charge >= 0.3 is 39.3 Å². The summed E-state index contributed by atoms with van der Waals surface area (Å²) in [5.41, 5.74) is -6.31. The zero-order valence-electron chi connectivity index (χ0n) is 10.7. The summed E-state index contributed by atoms with van der Waals surface area (Å²) in [6.45, 7) is -3.16. The van der Waals surface area contributed by atoms with Crippen LogP contribution in [0.1, 0.15) is 13.3 Å². The third-order valence-electron chi connectivity index (χ3n) is 2.44. The highest BCUT2D eigenvalue weighted by molar-refractivity contribution is 7.87. The second kappa shape index (κ2) is 5.89. The van der Waals surface area contributed by atoms with Gasteiger partial charge in [0.05, 0.1) is 0 Å². The van der Waals surface area contributed by atoms with Crippen molar-refractivity contribution in [1.29, 1.82) is 0 Å². The zero-order valence-corrected chi connectivity index (χ0v) is 11.5. The second-order valence-electron chi connectivity index (χ2n) is 4.07. The van der Waals surface area contributed by atoms with E-state index in [0.717, 1.165) is 0 Å². The SMILES string of the molecule is CCC(F)(F)C(F)(F)C(F)(F)C(F)(F)COS(=O)(=O)C(F)(F)F. The molecule has 0 aromatic heterocycles. The normalized spacial score (nSPS) is 15.8. The summed E-state index contributed by atoms with van der Waals surface area (Å²) >= 11 is 0. The number of rotatable bonds is 7. The van der Waals surface area contributed by atoms with Gasteiger partial charge in [-0.2, -0.15) is 56.7 Å². The van der Waals surface area contributed by atoms with Gasteiger partial charge in [0.15, 0.2) is 0 Å². The average molecular weight is 392 g/mol. The maximum atomic E-state index is 13.0. The molecule has 0 fully saturated rings. The lowest BCUT2D eigenvalue weighted by Gasteiger charge is -2.36. The van der Waals surface area contributed by atoms with E-state index >= 15 is 0 Å². The Kier molecular flexibility index (Phi) is 5.67. The van der Waals surface area contributed by atoms with Gasteiger partial charge in [0, 0.05) is 6.42 Å². The summed E-state index contributed by atoms with van der Waals surface area (Å²) in [7, 11) is -6.82. The quantitative estimate of drug-likeness (QED) is 0.376. The number of alkyl halides is 11. The van der Waals surface area contributed by atoms with E-state index in [4.69, 9.17) is 0 Å². The van der Waals surface area contributed by atoms with Crippen LogP contribution in [0, 0.1) is 0 Å². The highest BCUT2D eigenvalue weighted by Gasteiger charge is 2.80. The molecule has 0 unspecified atom stereocenters. The third kappa shape index (κ3) is 3.80. The van der Waals surface area contributed by atoms with Crippen molar-refractivity contribution >= 4 is 10.1 Å². The molecule has 0 aromatic rings. The van der Waals surface area contributed by atoms with E-state index in [-0.39, 0.29) is 6.92 Å². The van der Waals surface area contributed by atoms with E-state index < -0.39 is 52.3 Å². The van der Waals surface area contributed by atoms with E-state index in [1.54, 1.807) is 0 Å². The molecule has 0 bridgehead atoms. The first-order valence-corrected chi connectivity index (χ1v) is 6.64. The largest absolute Gasteiger partial charge is 0.523 e. The molecule has 0 radical (unpaired) electrons. The van der Waals surface area contributed by atoms with Gasteiger partial charge in [0.2, 0.25) is 0 Å². The van der Waals surface area contributed by atoms with Gasteiger partial charge in [-0.25, -0.2) is 0 Å². The minimum Gasteiger partial charge on any atom is -0.257 e. The fraction of sp³-hybridized carbons (Fsp3) is 1.00. The molecule has 0 amide bonds. The molecule has 0 heterocycles. The molecule has 15 heteroatoms. The summed E-state index contributed by atoms with van der Waals surface area (Å²) in [4.78, 5) is 0. The van der Waals surface area contributed by atoms with Crippen LogP contribution in [0.25, 0.3) is 0 Å². The fourth-order valence-corrected chi connectivity index (χ4v) is 1.43. The number of hydrogen-bond acceptors (Lipinski definition) is 3. The van der Waals surface area contributed by atoms with E-state index in [2.05, 4.69) is 4.18 Å². The lowest BCUT2D eigenvalue weighted by molar-refractivity contribution is -0.369. The highest BCUT2D eigenvalue weighted by Crippen LogP contribution is 2.53. The van der Waals surface area contributed by atoms with Gasteiger partial charge in [-0.05, 0) is 0 Å². The molecule has 0 aromatic carbocycles. The van der Waals surface area contributed by atoms with E-state index in [0.29, 0.717) is 0 Å². The van der Waals surface area contributed by atoms with Gasteiger partial charge in [0.25, 0.3) is 0 Å². The third-order valence-corrected chi connectivity index (χ3v) is 3.43. The Morgan fingerprint density at radius 3 is 1.39 bits per heavy atom. The molecular weight excluding hydrogens is 385 g/mol. The minimum absolute atomic E-state index is 0.257. The predicted molar refractivity (Wildman–Crippen MR) is 51.0 cm³/mol. The molecule has 0 aliphatic rings. The molecule has 0 aliphatic carbocycles. The zero-order chi connectivity index (χ0) is 19.1. The maximum absolute atomic E-state index is 13.0. The molecule has 0 rings (SSSR count). The fourth-order valence-electron chi connectivity index (χ4n) is 0.990. The summed E-state index contributed by atoms with van der Waals surface area (Å²) in [6.07, 6.45) is -2.01. The minimum atomic E-state index is -6.90. The predicted octanol–water partition coefficient (Wildman–Crippen LogP) is 3.80. The van der Waals surface area contributed by atoms with E-state index in [9.17, 15) is 56.7 Å². The molecule has 0 spiro atoms. The van der Waals surface area contributed by atoms with Crippen LogP contribution in [-0.2, 0) is 14.3 Å². The number of halogens is 11. The van der Waals surface area contributed by atoms with Gasteiger partial charge in [-0.15, -0.1) is 0 Å². The Balaban J connectivity index is 5.59. The van der Waals surface area contributed by atoms with Crippen LogP contribution in [0.4, 0.5) is 48.3 Å². The lowest BCUT2D eigenvalue weighted by atomic mass is 9.97.